The molecule has 184 valence electrons. The summed E-state index contributed by atoms with van der Waals surface area (Å²) >= 11 is 6.35. The summed E-state index contributed by atoms with van der Waals surface area (Å²) in [5.74, 6) is 2.43. The summed E-state index contributed by atoms with van der Waals surface area (Å²) in [7, 11) is 0. The van der Waals surface area contributed by atoms with Gasteiger partial charge in [0, 0.05) is 51.0 Å². The molecule has 2 fully saturated rings. The highest BCUT2D eigenvalue weighted by molar-refractivity contribution is 6.31. The molecule has 10 rings (SSSR count). The van der Waals surface area contributed by atoms with E-state index in [1.165, 1.54) is 6.33 Å². The third-order valence-corrected chi connectivity index (χ3v) is 8.66. The number of anilines is 1. The van der Waals surface area contributed by atoms with Crippen molar-refractivity contribution in [2.75, 3.05) is 5.73 Å². The van der Waals surface area contributed by atoms with Crippen LogP contribution in [-0.2, 0) is 5.54 Å². The summed E-state index contributed by atoms with van der Waals surface area (Å²) < 4.78 is 3.52. The fourth-order valence-electron chi connectivity index (χ4n) is 6.73. The largest absolute Gasteiger partial charge is 0.382 e. The third kappa shape index (κ3) is 2.35. The Morgan fingerprint density at radius 2 is 1.95 bits per heavy atom. The predicted molar refractivity (Wildman–Crippen MR) is 139 cm³/mol. The number of H-pyrrole nitrogens is 2. The van der Waals surface area contributed by atoms with E-state index in [4.69, 9.17) is 22.3 Å². The fourth-order valence-corrected chi connectivity index (χ4v) is 6.91. The summed E-state index contributed by atoms with van der Waals surface area (Å²) in [5.41, 5.74) is 11.6. The minimum atomic E-state index is -0.399. The zero-order valence-corrected chi connectivity index (χ0v) is 20.3. The number of rotatable bonds is 4. The molecule has 2 saturated carbocycles. The van der Waals surface area contributed by atoms with E-state index in [0.29, 0.717) is 28.6 Å². The number of tetrazole rings is 1. The maximum Gasteiger partial charge on any atom is 0.252 e. The number of halogens is 1. The molecular formula is C26H17ClN10O. The fraction of sp³-hybridized carbons (Fsp3) is 0.154. The van der Waals surface area contributed by atoms with Crippen LogP contribution in [0, 0.1) is 11.8 Å². The molecule has 38 heavy (non-hydrogen) atoms. The Bertz CT molecular complexity index is 2010. The minimum absolute atomic E-state index is 0.0556. The van der Waals surface area contributed by atoms with E-state index < -0.39 is 5.54 Å². The Labute approximate surface area is 218 Å². The number of benzene rings is 2. The van der Waals surface area contributed by atoms with Crippen LogP contribution in [0.4, 0.5) is 5.82 Å². The first-order valence-electron chi connectivity index (χ1n) is 12.2. The number of nitrogen functional groups attached to an aromatic ring is 1. The maximum absolute atomic E-state index is 13.7. The number of imidazole rings is 1. The van der Waals surface area contributed by atoms with Gasteiger partial charge in [0.15, 0.2) is 5.82 Å². The molecule has 2 aliphatic carbocycles. The van der Waals surface area contributed by atoms with Crippen molar-refractivity contribution in [2.45, 2.75) is 11.5 Å². The highest BCUT2D eigenvalue weighted by Crippen LogP contribution is 2.89. The molecule has 2 aliphatic heterocycles. The molecule has 4 N–H and O–H groups in total. The maximum atomic E-state index is 13.7. The average molecular weight is 521 g/mol. The minimum Gasteiger partial charge on any atom is -0.382 e. The highest BCUT2D eigenvalue weighted by Gasteiger charge is 2.92. The molecule has 4 aliphatic rings. The summed E-state index contributed by atoms with van der Waals surface area (Å²) in [4.78, 5) is 21.9. The molecule has 0 spiro atoms. The Morgan fingerprint density at radius 3 is 2.79 bits per heavy atom. The van der Waals surface area contributed by atoms with Crippen LogP contribution in [0.1, 0.15) is 17.4 Å². The molecule has 11 nitrogen and oxygen atoms in total. The number of nitrogens with zero attached hydrogens (tertiary/aromatic N) is 7. The number of hydrogen-bond acceptors (Lipinski definition) is 7. The molecule has 6 aromatic rings. The SMILES string of the molecule is Nc1n[nH]c2cc(-c3cnc(C45C6C(c7cc(-c8cc(Cl)ccc8-n8cnnn8)cc(=O)n74)C65)[nH]3)ccc12. The summed E-state index contributed by atoms with van der Waals surface area (Å²) in [6.45, 7) is 0. The second-order valence-electron chi connectivity index (χ2n) is 10.2. The van der Waals surface area contributed by atoms with Gasteiger partial charge in [-0.05, 0) is 52.4 Å². The zero-order valence-electron chi connectivity index (χ0n) is 19.5. The average Bonchev–Trinajstić information content (AvgIpc) is 3.37. The van der Waals surface area contributed by atoms with E-state index in [1.807, 2.05) is 41.1 Å². The molecule has 0 amide bonds. The van der Waals surface area contributed by atoms with Crippen molar-refractivity contribution in [3.63, 3.8) is 0 Å². The molecule has 2 unspecified atom stereocenters. The first kappa shape index (κ1) is 20.3. The van der Waals surface area contributed by atoms with Crippen molar-refractivity contribution >= 4 is 28.3 Å². The molecule has 0 saturated heterocycles. The number of pyridine rings is 1. The van der Waals surface area contributed by atoms with Gasteiger partial charge in [-0.2, -0.15) is 9.78 Å². The van der Waals surface area contributed by atoms with E-state index in [-0.39, 0.29) is 5.56 Å². The number of aromatic amines is 2. The number of fused-ring (bicyclic) bond motifs is 1. The molecule has 0 radical (unpaired) electrons. The normalized spacial score (nSPS) is 24.0. The summed E-state index contributed by atoms with van der Waals surface area (Å²) in [5, 5.41) is 20.0. The lowest BCUT2D eigenvalue weighted by atomic mass is 10.00. The van der Waals surface area contributed by atoms with Crippen LogP contribution in [0.5, 0.6) is 0 Å². The monoisotopic (exact) mass is 520 g/mol. The van der Waals surface area contributed by atoms with Gasteiger partial charge in [-0.3, -0.25) is 14.5 Å². The third-order valence-electron chi connectivity index (χ3n) is 8.42. The lowest BCUT2D eigenvalue weighted by molar-refractivity contribution is 0.452. The van der Waals surface area contributed by atoms with Crippen LogP contribution in [0.25, 0.3) is 39.0 Å². The van der Waals surface area contributed by atoms with E-state index in [2.05, 4.69) is 36.8 Å². The van der Waals surface area contributed by atoms with Gasteiger partial charge < -0.3 is 10.7 Å². The first-order chi connectivity index (χ1) is 18.6. The predicted octanol–water partition coefficient (Wildman–Crippen LogP) is 3.09. The quantitative estimate of drug-likeness (QED) is 0.323. The van der Waals surface area contributed by atoms with Crippen molar-refractivity contribution in [3.05, 3.63) is 87.9 Å². The molecule has 2 bridgehead atoms. The van der Waals surface area contributed by atoms with Crippen molar-refractivity contribution in [1.29, 1.82) is 0 Å². The number of aromatic nitrogens is 9. The van der Waals surface area contributed by atoms with Gasteiger partial charge in [0.1, 0.15) is 17.7 Å². The lowest BCUT2D eigenvalue weighted by Gasteiger charge is -2.18. The smallest absolute Gasteiger partial charge is 0.252 e. The molecule has 6 heterocycles. The van der Waals surface area contributed by atoms with Crippen LogP contribution >= 0.6 is 11.6 Å². The lowest BCUT2D eigenvalue weighted by Crippen LogP contribution is -2.32. The Kier molecular flexibility index (Phi) is 3.50. The van der Waals surface area contributed by atoms with Crippen molar-refractivity contribution < 1.29 is 0 Å². The standard InChI is InChI=1S/C26H17ClN10O/c27-13-2-4-18(36-10-30-34-35-36)15(8-13)12-6-19-21-22-23(21)26(22,37(19)20(38)7-12)25-29-9-17(31-25)11-1-3-14-16(5-11)32-33-24(14)28/h1-10,21-23H,(H,29,31)(H3,28,32,33). The van der Waals surface area contributed by atoms with Crippen LogP contribution in [0.15, 0.2) is 65.8 Å². The summed E-state index contributed by atoms with van der Waals surface area (Å²) in [6, 6.07) is 15.2. The highest BCUT2D eigenvalue weighted by atomic mass is 35.5. The van der Waals surface area contributed by atoms with Crippen LogP contribution < -0.4 is 11.3 Å². The van der Waals surface area contributed by atoms with Crippen molar-refractivity contribution in [3.8, 4) is 28.1 Å². The summed E-state index contributed by atoms with van der Waals surface area (Å²) in [6.07, 6.45) is 3.36. The van der Waals surface area contributed by atoms with Crippen LogP contribution in [-0.4, -0.2) is 44.9 Å². The molecule has 2 atom stereocenters. The Morgan fingerprint density at radius 1 is 1.05 bits per heavy atom. The van der Waals surface area contributed by atoms with Crippen LogP contribution in [0.3, 0.4) is 0 Å². The number of hydrogen-bond donors (Lipinski definition) is 3. The van der Waals surface area contributed by atoms with E-state index in [1.54, 1.807) is 16.8 Å². The van der Waals surface area contributed by atoms with Gasteiger partial charge in [0.2, 0.25) is 0 Å². The second kappa shape index (κ2) is 6.56. The first-order valence-corrected chi connectivity index (χ1v) is 12.5. The zero-order chi connectivity index (χ0) is 25.3. The molecular weight excluding hydrogens is 504 g/mol. The van der Waals surface area contributed by atoms with Gasteiger partial charge in [-0.25, -0.2) is 4.98 Å². The van der Waals surface area contributed by atoms with Crippen molar-refractivity contribution in [2.24, 2.45) is 11.8 Å². The van der Waals surface area contributed by atoms with E-state index >= 15 is 0 Å². The van der Waals surface area contributed by atoms with E-state index in [9.17, 15) is 4.79 Å². The van der Waals surface area contributed by atoms with Gasteiger partial charge in [0.05, 0.1) is 23.1 Å². The van der Waals surface area contributed by atoms with Crippen LogP contribution in [0.2, 0.25) is 5.02 Å². The molecule has 4 aromatic heterocycles. The van der Waals surface area contributed by atoms with Gasteiger partial charge in [-0.1, -0.05) is 17.7 Å². The van der Waals surface area contributed by atoms with Gasteiger partial charge in [-0.15, -0.1) is 5.10 Å². The number of nitrogens with one attached hydrogen (secondary N) is 2. The topological polar surface area (TPSA) is 149 Å². The van der Waals surface area contributed by atoms with Gasteiger partial charge in [0.25, 0.3) is 5.56 Å². The number of nitrogens with two attached hydrogens (primary N) is 1. The molecule has 2 aromatic carbocycles. The Balaban J connectivity index is 1.14. The van der Waals surface area contributed by atoms with Crippen molar-refractivity contribution in [1.82, 2.24) is 44.9 Å². The van der Waals surface area contributed by atoms with Gasteiger partial charge >= 0.3 is 0 Å². The van der Waals surface area contributed by atoms with E-state index in [0.717, 1.165) is 50.5 Å². The second-order valence-corrected chi connectivity index (χ2v) is 10.6. The Hall–Kier alpha value is -4.77. The molecule has 12 heteroatoms.